The monoisotopic (exact) mass is 262 g/mol. The molecular weight excluding hydrogens is 236 g/mol. The van der Waals surface area contributed by atoms with Gasteiger partial charge in [0.25, 0.3) is 0 Å². The molecule has 0 bridgehead atoms. The molecule has 0 radical (unpaired) electrons. The zero-order valence-electron chi connectivity index (χ0n) is 12.4. The van der Waals surface area contributed by atoms with E-state index in [0.29, 0.717) is 18.6 Å². The van der Waals surface area contributed by atoms with E-state index >= 15 is 0 Å². The SMILES string of the molecule is CCCN(C(C)C)C(CN)c1ccc2c(c1)CCO2. The van der Waals surface area contributed by atoms with Gasteiger partial charge in [-0.1, -0.05) is 19.1 Å². The Bertz CT molecular complexity index is 417. The number of hydrogen-bond donors (Lipinski definition) is 1. The molecule has 0 amide bonds. The molecular formula is C16H26N2O. The molecule has 1 aliphatic rings. The van der Waals surface area contributed by atoms with Gasteiger partial charge in [0.2, 0.25) is 0 Å². The second-order valence-corrected chi connectivity index (χ2v) is 5.55. The highest BCUT2D eigenvalue weighted by molar-refractivity contribution is 5.41. The van der Waals surface area contributed by atoms with Crippen molar-refractivity contribution in [3.63, 3.8) is 0 Å². The van der Waals surface area contributed by atoms with Crippen LogP contribution < -0.4 is 10.5 Å². The molecule has 3 heteroatoms. The highest BCUT2D eigenvalue weighted by atomic mass is 16.5. The van der Waals surface area contributed by atoms with Gasteiger partial charge in [-0.05, 0) is 44.0 Å². The van der Waals surface area contributed by atoms with Crippen molar-refractivity contribution in [3.8, 4) is 5.75 Å². The van der Waals surface area contributed by atoms with Gasteiger partial charge in [-0.3, -0.25) is 4.90 Å². The molecule has 0 aromatic heterocycles. The maximum Gasteiger partial charge on any atom is 0.122 e. The Morgan fingerprint density at radius 1 is 1.37 bits per heavy atom. The summed E-state index contributed by atoms with van der Waals surface area (Å²) in [7, 11) is 0. The maximum atomic E-state index is 6.05. The molecule has 2 N–H and O–H groups in total. The maximum absolute atomic E-state index is 6.05. The van der Waals surface area contributed by atoms with E-state index in [0.717, 1.165) is 31.7 Å². The Kier molecular flexibility index (Phi) is 4.83. The quantitative estimate of drug-likeness (QED) is 0.856. The molecule has 0 saturated heterocycles. The third-order valence-electron chi connectivity index (χ3n) is 3.87. The average Bonchev–Trinajstić information content (AvgIpc) is 2.85. The number of rotatable bonds is 6. The Morgan fingerprint density at radius 3 is 2.79 bits per heavy atom. The molecule has 0 spiro atoms. The van der Waals surface area contributed by atoms with Crippen molar-refractivity contribution in [2.45, 2.75) is 45.7 Å². The van der Waals surface area contributed by atoms with Crippen LogP contribution in [-0.2, 0) is 6.42 Å². The summed E-state index contributed by atoms with van der Waals surface area (Å²) in [5.41, 5.74) is 8.70. The van der Waals surface area contributed by atoms with Crippen molar-refractivity contribution in [1.29, 1.82) is 0 Å². The van der Waals surface area contributed by atoms with E-state index in [1.54, 1.807) is 0 Å². The van der Waals surface area contributed by atoms with Gasteiger partial charge in [-0.2, -0.15) is 0 Å². The van der Waals surface area contributed by atoms with Gasteiger partial charge in [0.1, 0.15) is 5.75 Å². The molecule has 3 nitrogen and oxygen atoms in total. The largest absolute Gasteiger partial charge is 0.493 e. The normalized spacial score (nSPS) is 15.7. The summed E-state index contributed by atoms with van der Waals surface area (Å²) in [6, 6.07) is 7.38. The summed E-state index contributed by atoms with van der Waals surface area (Å²) in [4.78, 5) is 2.50. The lowest BCUT2D eigenvalue weighted by Gasteiger charge is -2.34. The first-order valence-corrected chi connectivity index (χ1v) is 7.38. The molecule has 1 unspecified atom stereocenters. The van der Waals surface area contributed by atoms with Gasteiger partial charge in [0, 0.05) is 25.0 Å². The van der Waals surface area contributed by atoms with E-state index in [-0.39, 0.29) is 0 Å². The number of nitrogens with zero attached hydrogens (tertiary/aromatic N) is 1. The van der Waals surface area contributed by atoms with E-state index < -0.39 is 0 Å². The molecule has 0 saturated carbocycles. The fourth-order valence-corrected chi connectivity index (χ4v) is 2.91. The van der Waals surface area contributed by atoms with Gasteiger partial charge >= 0.3 is 0 Å². The van der Waals surface area contributed by atoms with E-state index in [1.165, 1.54) is 11.1 Å². The number of benzene rings is 1. The molecule has 1 atom stereocenters. The van der Waals surface area contributed by atoms with Crippen LogP contribution in [0, 0.1) is 0 Å². The van der Waals surface area contributed by atoms with Crippen LogP contribution >= 0.6 is 0 Å². The Hall–Kier alpha value is -1.06. The number of nitrogens with two attached hydrogens (primary N) is 1. The summed E-state index contributed by atoms with van der Waals surface area (Å²) in [5, 5.41) is 0. The van der Waals surface area contributed by atoms with Crippen LogP contribution in [0.1, 0.15) is 44.4 Å². The highest BCUT2D eigenvalue weighted by Crippen LogP contribution is 2.30. The summed E-state index contributed by atoms with van der Waals surface area (Å²) >= 11 is 0. The van der Waals surface area contributed by atoms with Crippen molar-refractivity contribution in [2.75, 3.05) is 19.7 Å². The third-order valence-corrected chi connectivity index (χ3v) is 3.87. The Morgan fingerprint density at radius 2 is 2.16 bits per heavy atom. The molecule has 2 rings (SSSR count). The van der Waals surface area contributed by atoms with Crippen molar-refractivity contribution in [3.05, 3.63) is 29.3 Å². The lowest BCUT2D eigenvalue weighted by atomic mass is 10.00. The molecule has 1 heterocycles. The third kappa shape index (κ3) is 3.10. The van der Waals surface area contributed by atoms with Crippen LogP contribution in [0.15, 0.2) is 18.2 Å². The van der Waals surface area contributed by atoms with E-state index in [9.17, 15) is 0 Å². The molecule has 0 fully saturated rings. The van der Waals surface area contributed by atoms with Gasteiger partial charge < -0.3 is 10.5 Å². The minimum atomic E-state index is 0.311. The number of ether oxygens (including phenoxy) is 1. The first-order chi connectivity index (χ1) is 9.17. The van der Waals surface area contributed by atoms with E-state index in [1.807, 2.05) is 0 Å². The Balaban J connectivity index is 2.25. The molecule has 106 valence electrons. The van der Waals surface area contributed by atoms with Crippen LogP contribution in [0.3, 0.4) is 0 Å². The molecule has 0 aliphatic carbocycles. The molecule has 19 heavy (non-hydrogen) atoms. The smallest absolute Gasteiger partial charge is 0.122 e. The van der Waals surface area contributed by atoms with E-state index in [2.05, 4.69) is 43.9 Å². The summed E-state index contributed by atoms with van der Waals surface area (Å²) in [6.45, 7) is 9.28. The molecule has 1 aromatic rings. The second kappa shape index (κ2) is 6.40. The summed E-state index contributed by atoms with van der Waals surface area (Å²) < 4.78 is 5.58. The average molecular weight is 262 g/mol. The first kappa shape index (κ1) is 14.4. The lowest BCUT2D eigenvalue weighted by molar-refractivity contribution is 0.157. The lowest BCUT2D eigenvalue weighted by Crippen LogP contribution is -2.39. The van der Waals surface area contributed by atoms with Gasteiger partial charge in [-0.15, -0.1) is 0 Å². The molecule has 1 aromatic carbocycles. The summed E-state index contributed by atoms with van der Waals surface area (Å²) in [5.74, 6) is 1.05. The first-order valence-electron chi connectivity index (χ1n) is 7.38. The predicted octanol–water partition coefficient (Wildman–Crippen LogP) is 2.74. The number of fused-ring (bicyclic) bond motifs is 1. The van der Waals surface area contributed by atoms with Crippen molar-refractivity contribution in [1.82, 2.24) is 4.90 Å². The topological polar surface area (TPSA) is 38.5 Å². The van der Waals surface area contributed by atoms with Crippen LogP contribution in [0.2, 0.25) is 0 Å². The van der Waals surface area contributed by atoms with E-state index in [4.69, 9.17) is 10.5 Å². The zero-order valence-corrected chi connectivity index (χ0v) is 12.4. The Labute approximate surface area is 116 Å². The van der Waals surface area contributed by atoms with Crippen LogP contribution in [-0.4, -0.2) is 30.6 Å². The minimum absolute atomic E-state index is 0.311. The van der Waals surface area contributed by atoms with Crippen LogP contribution in [0.25, 0.3) is 0 Å². The minimum Gasteiger partial charge on any atom is -0.493 e. The second-order valence-electron chi connectivity index (χ2n) is 5.55. The van der Waals surface area contributed by atoms with Crippen molar-refractivity contribution < 1.29 is 4.74 Å². The predicted molar refractivity (Wildman–Crippen MR) is 79.6 cm³/mol. The standard InChI is InChI=1S/C16H26N2O/c1-4-8-18(12(2)3)15(11-17)13-5-6-16-14(10-13)7-9-19-16/h5-6,10,12,15H,4,7-9,11,17H2,1-3H3. The highest BCUT2D eigenvalue weighted by Gasteiger charge is 2.22. The van der Waals surface area contributed by atoms with Gasteiger partial charge in [-0.25, -0.2) is 0 Å². The van der Waals surface area contributed by atoms with Crippen molar-refractivity contribution in [2.24, 2.45) is 5.73 Å². The summed E-state index contributed by atoms with van der Waals surface area (Å²) in [6.07, 6.45) is 2.18. The fourth-order valence-electron chi connectivity index (χ4n) is 2.91. The van der Waals surface area contributed by atoms with Gasteiger partial charge in [0.15, 0.2) is 0 Å². The van der Waals surface area contributed by atoms with Crippen molar-refractivity contribution >= 4 is 0 Å². The molecule has 1 aliphatic heterocycles. The van der Waals surface area contributed by atoms with Gasteiger partial charge in [0.05, 0.1) is 6.61 Å². The van der Waals surface area contributed by atoms with Crippen LogP contribution in [0.5, 0.6) is 5.75 Å². The fraction of sp³-hybridized carbons (Fsp3) is 0.625. The zero-order chi connectivity index (χ0) is 13.8. The number of hydrogen-bond acceptors (Lipinski definition) is 3. The van der Waals surface area contributed by atoms with Crippen LogP contribution in [0.4, 0.5) is 0 Å².